The van der Waals surface area contributed by atoms with E-state index in [1.54, 1.807) is 3.88 Å². The van der Waals surface area contributed by atoms with Crippen molar-refractivity contribution in [3.05, 3.63) is 39.3 Å². The van der Waals surface area contributed by atoms with E-state index in [2.05, 4.69) is 65.4 Å². The van der Waals surface area contributed by atoms with Gasteiger partial charge in [0.05, 0.1) is 0 Å². The molecule has 1 aliphatic carbocycles. The summed E-state index contributed by atoms with van der Waals surface area (Å²) in [5, 5.41) is 4.92. The molecule has 0 spiro atoms. The topological polar surface area (TPSA) is 12.0 Å². The molecule has 0 aliphatic heterocycles. The summed E-state index contributed by atoms with van der Waals surface area (Å²) in [6.07, 6.45) is 3.58. The van der Waals surface area contributed by atoms with Gasteiger partial charge in [-0.3, -0.25) is 0 Å². The smallest absolute Gasteiger partial charge is 0.0149 e. The van der Waals surface area contributed by atoms with Crippen LogP contribution in [0.1, 0.15) is 31.9 Å². The van der Waals surface area contributed by atoms with E-state index in [9.17, 15) is 0 Å². The van der Waals surface area contributed by atoms with Gasteiger partial charge >= 0.3 is 109 Å². The fourth-order valence-electron chi connectivity index (χ4n) is 2.70. The van der Waals surface area contributed by atoms with Crippen LogP contribution in [0, 0.1) is 0 Å². The Morgan fingerprint density at radius 1 is 1.05 bits per heavy atom. The second-order valence-corrected chi connectivity index (χ2v) is 13.0. The van der Waals surface area contributed by atoms with E-state index in [4.69, 9.17) is 0 Å². The number of hydrogen-bond acceptors (Lipinski definition) is 1. The first-order valence-electron chi connectivity index (χ1n) is 6.36. The average molecular weight is 368 g/mol. The minimum atomic E-state index is -2.03. The number of allylic oxidation sites excluding steroid dienone is 1. The van der Waals surface area contributed by atoms with Gasteiger partial charge in [0.2, 0.25) is 0 Å². The van der Waals surface area contributed by atoms with Crippen molar-refractivity contribution in [1.82, 2.24) is 3.80 Å². The van der Waals surface area contributed by atoms with E-state index in [0.29, 0.717) is 0 Å². The zero-order valence-electron chi connectivity index (χ0n) is 12.3. The van der Waals surface area contributed by atoms with E-state index in [-0.39, 0.29) is 41.3 Å². The van der Waals surface area contributed by atoms with Gasteiger partial charge in [0, 0.05) is 0 Å². The van der Waals surface area contributed by atoms with Crippen molar-refractivity contribution in [2.75, 3.05) is 0 Å². The largest absolute Gasteiger partial charge is 1.00 e. The number of halogens is 2. The summed E-state index contributed by atoms with van der Waals surface area (Å²) in [5.74, 6) is 0. The normalized spacial score (nSPS) is 12.6. The quantitative estimate of drug-likeness (QED) is 0.540. The SMILES string of the molecule is CC(C)(C)[NH][Ti+2]([CH3])([CH3])[C]1=Cc2ccccc2C1.[Cl-].[Cl-].[SiH4]. The van der Waals surface area contributed by atoms with Gasteiger partial charge in [-0.2, -0.15) is 0 Å². The van der Waals surface area contributed by atoms with Crippen molar-refractivity contribution in [2.24, 2.45) is 0 Å². The third-order valence-corrected chi connectivity index (χ3v) is 8.41. The Morgan fingerprint density at radius 3 is 2.10 bits per heavy atom. The summed E-state index contributed by atoms with van der Waals surface area (Å²) in [7, 11) is 0. The molecular formula is C15H27Cl2NSiTi. The first-order valence-corrected chi connectivity index (χ1v) is 11.0. The molecule has 0 fully saturated rings. The maximum atomic E-state index is 3.89. The third kappa shape index (κ3) is 5.67. The first-order chi connectivity index (χ1) is 7.78. The summed E-state index contributed by atoms with van der Waals surface area (Å²) < 4.78 is 5.56. The Bertz CT molecular complexity index is 467. The standard InChI is InChI=1S/C9H7.C4H10N.2CH3.2ClH.H4Si.Ti/c1-2-5-9-7-3-6-8(9)4-1;1-4(2,3)5;;;;;;/h1-2,4-6H,7H2;5H,1-3H3;2*1H3;2*1H;1H4;/q;-1;;;;;;+3/p-2. The van der Waals surface area contributed by atoms with Crippen molar-refractivity contribution >= 4 is 17.0 Å². The molecule has 0 unspecified atom stereocenters. The Labute approximate surface area is 144 Å². The zero-order chi connectivity index (χ0) is 12.7. The fourth-order valence-corrected chi connectivity index (χ4v) is 7.67. The predicted molar refractivity (Wildman–Crippen MR) is 84.1 cm³/mol. The second-order valence-electron chi connectivity index (χ2n) is 6.55. The summed E-state index contributed by atoms with van der Waals surface area (Å²) >= 11 is -2.03. The third-order valence-electron chi connectivity index (χ3n) is 3.26. The predicted octanol–water partition coefficient (Wildman–Crippen LogP) is -3.31. The zero-order valence-corrected chi connectivity index (χ0v) is 15.4. The van der Waals surface area contributed by atoms with E-state index < -0.39 is 16.8 Å². The molecule has 0 bridgehead atoms. The molecule has 0 atom stereocenters. The van der Waals surface area contributed by atoms with Crippen molar-refractivity contribution in [3.63, 3.8) is 0 Å². The minimum Gasteiger partial charge on any atom is -1.00 e. The molecule has 1 aliphatic rings. The van der Waals surface area contributed by atoms with Crippen LogP contribution < -0.4 is 28.6 Å². The molecule has 0 aromatic heterocycles. The maximum absolute atomic E-state index is 3.89. The maximum Gasteiger partial charge on any atom is -0.0149 e. The minimum absolute atomic E-state index is 0. The molecule has 0 heterocycles. The van der Waals surface area contributed by atoms with Gasteiger partial charge in [-0.15, -0.1) is 0 Å². The summed E-state index contributed by atoms with van der Waals surface area (Å²) in [4.78, 5) is 0. The van der Waals surface area contributed by atoms with E-state index >= 15 is 0 Å². The van der Waals surface area contributed by atoms with Crippen molar-refractivity contribution < 1.29 is 41.7 Å². The van der Waals surface area contributed by atoms with E-state index in [1.165, 1.54) is 11.1 Å². The number of nitrogens with one attached hydrogen (secondary N) is 1. The van der Waals surface area contributed by atoms with Crippen LogP contribution in [-0.4, -0.2) is 16.5 Å². The molecule has 5 heteroatoms. The molecule has 0 radical (unpaired) electrons. The van der Waals surface area contributed by atoms with Gasteiger partial charge < -0.3 is 24.8 Å². The second kappa shape index (κ2) is 8.17. The monoisotopic (exact) mass is 367 g/mol. The van der Waals surface area contributed by atoms with Crippen molar-refractivity contribution in [3.8, 4) is 0 Å². The van der Waals surface area contributed by atoms with Crippen LogP contribution in [0.4, 0.5) is 0 Å². The van der Waals surface area contributed by atoms with Gasteiger partial charge in [0.15, 0.2) is 0 Å². The van der Waals surface area contributed by atoms with Gasteiger partial charge in [-0.05, 0) is 11.0 Å². The molecule has 2 rings (SSSR count). The molecule has 20 heavy (non-hydrogen) atoms. The van der Waals surface area contributed by atoms with Gasteiger partial charge in [-0.1, -0.05) is 0 Å². The van der Waals surface area contributed by atoms with Gasteiger partial charge in [0.1, 0.15) is 0 Å². The number of rotatable bonds is 2. The van der Waals surface area contributed by atoms with Gasteiger partial charge in [0.25, 0.3) is 0 Å². The van der Waals surface area contributed by atoms with Crippen molar-refractivity contribution in [2.45, 2.75) is 43.2 Å². The number of hydrogen-bond donors (Lipinski definition) is 1. The average Bonchev–Trinajstić information content (AvgIpc) is 2.57. The molecule has 1 nitrogen and oxygen atoms in total. The summed E-state index contributed by atoms with van der Waals surface area (Å²) in [6.45, 7) is 6.80. The molecule has 1 aromatic rings. The van der Waals surface area contributed by atoms with Crippen LogP contribution in [0.3, 0.4) is 0 Å². The van der Waals surface area contributed by atoms with E-state index in [0.717, 1.165) is 6.42 Å². The Kier molecular flexibility index (Phi) is 9.27. The molecule has 0 amide bonds. The molecule has 114 valence electrons. The summed E-state index contributed by atoms with van der Waals surface area (Å²) in [6, 6.07) is 8.77. The van der Waals surface area contributed by atoms with E-state index in [1.807, 2.05) is 0 Å². The fraction of sp³-hybridized carbons (Fsp3) is 0.467. The Hall–Kier alpha value is 0.431. The van der Waals surface area contributed by atoms with Crippen molar-refractivity contribution in [1.29, 1.82) is 0 Å². The van der Waals surface area contributed by atoms with Crippen LogP contribution >= 0.6 is 0 Å². The Balaban J connectivity index is 0. The molecule has 0 saturated heterocycles. The van der Waals surface area contributed by atoms with Crippen LogP contribution in [0.5, 0.6) is 0 Å². The number of benzene rings is 1. The molecule has 0 saturated carbocycles. The summed E-state index contributed by atoms with van der Waals surface area (Å²) in [5.41, 5.74) is 3.15. The van der Waals surface area contributed by atoms with Crippen LogP contribution in [0.2, 0.25) is 10.5 Å². The molecular weight excluding hydrogens is 341 g/mol. The van der Waals surface area contributed by atoms with Gasteiger partial charge in [-0.25, -0.2) is 0 Å². The van der Waals surface area contributed by atoms with Crippen LogP contribution in [0.25, 0.3) is 6.08 Å². The van der Waals surface area contributed by atoms with Crippen LogP contribution in [-0.2, 0) is 23.3 Å². The molecule has 1 N–H and O–H groups in total. The van der Waals surface area contributed by atoms with Crippen LogP contribution in [0.15, 0.2) is 28.1 Å². The first kappa shape index (κ1) is 22.7. The Morgan fingerprint density at radius 2 is 1.60 bits per heavy atom. The molecule has 1 aromatic carbocycles. The number of fused-ring (bicyclic) bond motifs is 1.